The number of benzene rings is 1. The standard InChI is InChI=1S/C14H20N2/c1-5-11(3)15-13-8-7-9-14(10-13)16-12(4)6-2/h5-10,15-16H,1-4H3. The van der Waals surface area contributed by atoms with Gasteiger partial charge in [-0.25, -0.2) is 0 Å². The largest absolute Gasteiger partial charge is 0.359 e. The van der Waals surface area contributed by atoms with E-state index in [9.17, 15) is 0 Å². The highest BCUT2D eigenvalue weighted by Gasteiger charge is 1.95. The van der Waals surface area contributed by atoms with Crippen molar-refractivity contribution >= 4 is 11.4 Å². The van der Waals surface area contributed by atoms with E-state index in [1.54, 1.807) is 0 Å². The summed E-state index contributed by atoms with van der Waals surface area (Å²) >= 11 is 0. The Bertz CT molecular complexity index is 368. The molecule has 1 rings (SSSR count). The zero-order valence-corrected chi connectivity index (χ0v) is 10.5. The highest BCUT2D eigenvalue weighted by molar-refractivity contribution is 5.60. The Hall–Kier alpha value is -1.70. The maximum atomic E-state index is 3.32. The quantitative estimate of drug-likeness (QED) is 0.781. The van der Waals surface area contributed by atoms with Crippen molar-refractivity contribution < 1.29 is 0 Å². The summed E-state index contributed by atoms with van der Waals surface area (Å²) < 4.78 is 0. The third kappa shape index (κ3) is 3.81. The molecule has 0 saturated heterocycles. The molecule has 2 nitrogen and oxygen atoms in total. The molecule has 0 aromatic heterocycles. The van der Waals surface area contributed by atoms with E-state index >= 15 is 0 Å². The van der Waals surface area contributed by atoms with Crippen LogP contribution in [0.4, 0.5) is 11.4 Å². The third-order valence-corrected chi connectivity index (χ3v) is 2.41. The van der Waals surface area contributed by atoms with Crippen molar-refractivity contribution in [3.05, 3.63) is 47.8 Å². The lowest BCUT2D eigenvalue weighted by Crippen LogP contribution is -1.98. The molecular formula is C14H20N2. The van der Waals surface area contributed by atoms with Gasteiger partial charge in [0.05, 0.1) is 0 Å². The Morgan fingerprint density at radius 2 is 1.38 bits per heavy atom. The number of nitrogens with one attached hydrogen (secondary N) is 2. The van der Waals surface area contributed by atoms with E-state index in [-0.39, 0.29) is 0 Å². The second kappa shape index (κ2) is 6.01. The summed E-state index contributed by atoms with van der Waals surface area (Å²) in [6, 6.07) is 8.25. The molecular weight excluding hydrogens is 196 g/mol. The van der Waals surface area contributed by atoms with Gasteiger partial charge in [0, 0.05) is 22.8 Å². The minimum absolute atomic E-state index is 1.10. The highest BCUT2D eigenvalue weighted by atomic mass is 14.9. The first-order valence-electron chi connectivity index (χ1n) is 5.55. The van der Waals surface area contributed by atoms with Gasteiger partial charge in [-0.15, -0.1) is 0 Å². The Morgan fingerprint density at radius 3 is 1.75 bits per heavy atom. The Labute approximate surface area is 98.1 Å². The first kappa shape index (κ1) is 12.4. The fourth-order valence-electron chi connectivity index (χ4n) is 1.27. The van der Waals surface area contributed by atoms with Crippen LogP contribution in [0, 0.1) is 0 Å². The third-order valence-electron chi connectivity index (χ3n) is 2.41. The first-order chi connectivity index (χ1) is 7.65. The second-order valence-electron chi connectivity index (χ2n) is 3.77. The van der Waals surface area contributed by atoms with Crippen molar-refractivity contribution in [2.45, 2.75) is 27.7 Å². The molecule has 2 heteroatoms. The molecule has 16 heavy (non-hydrogen) atoms. The predicted molar refractivity (Wildman–Crippen MR) is 72.5 cm³/mol. The number of hydrogen-bond donors (Lipinski definition) is 2. The van der Waals surface area contributed by atoms with Crippen LogP contribution in [0.5, 0.6) is 0 Å². The van der Waals surface area contributed by atoms with Gasteiger partial charge in [-0.3, -0.25) is 0 Å². The van der Waals surface area contributed by atoms with Gasteiger partial charge in [0.1, 0.15) is 0 Å². The molecule has 0 radical (unpaired) electrons. The van der Waals surface area contributed by atoms with Gasteiger partial charge in [-0.2, -0.15) is 0 Å². The Morgan fingerprint density at radius 1 is 0.938 bits per heavy atom. The first-order valence-corrected chi connectivity index (χ1v) is 5.55. The number of allylic oxidation sites excluding steroid dienone is 4. The summed E-state index contributed by atoms with van der Waals surface area (Å²) in [5, 5.41) is 6.65. The van der Waals surface area contributed by atoms with Crippen molar-refractivity contribution in [3.8, 4) is 0 Å². The fraction of sp³-hybridized carbons (Fsp3) is 0.286. The normalized spacial score (nSPS) is 12.5. The monoisotopic (exact) mass is 216 g/mol. The van der Waals surface area contributed by atoms with Crippen molar-refractivity contribution in [1.82, 2.24) is 0 Å². The lowest BCUT2D eigenvalue weighted by Gasteiger charge is -2.10. The van der Waals surface area contributed by atoms with E-state index in [0.717, 1.165) is 22.8 Å². The summed E-state index contributed by atoms with van der Waals surface area (Å²) in [6.45, 7) is 8.15. The lowest BCUT2D eigenvalue weighted by atomic mass is 10.2. The van der Waals surface area contributed by atoms with Crippen LogP contribution in [0.25, 0.3) is 0 Å². The van der Waals surface area contributed by atoms with Crippen LogP contribution in [0.1, 0.15) is 27.7 Å². The van der Waals surface area contributed by atoms with E-state index in [4.69, 9.17) is 0 Å². The van der Waals surface area contributed by atoms with Gasteiger partial charge in [0.2, 0.25) is 0 Å². The fourth-order valence-corrected chi connectivity index (χ4v) is 1.27. The van der Waals surface area contributed by atoms with Crippen LogP contribution >= 0.6 is 0 Å². The smallest absolute Gasteiger partial charge is 0.0402 e. The molecule has 0 bridgehead atoms. The van der Waals surface area contributed by atoms with E-state index in [2.05, 4.69) is 54.8 Å². The molecule has 0 aliphatic carbocycles. The Balaban J connectivity index is 2.79. The van der Waals surface area contributed by atoms with Gasteiger partial charge in [0.15, 0.2) is 0 Å². The summed E-state index contributed by atoms with van der Waals surface area (Å²) in [5.74, 6) is 0. The van der Waals surface area contributed by atoms with E-state index in [1.165, 1.54) is 0 Å². The van der Waals surface area contributed by atoms with Crippen LogP contribution in [0.15, 0.2) is 47.8 Å². The van der Waals surface area contributed by atoms with Crippen molar-refractivity contribution in [2.24, 2.45) is 0 Å². The second-order valence-corrected chi connectivity index (χ2v) is 3.77. The van der Waals surface area contributed by atoms with E-state index in [1.807, 2.05) is 19.9 Å². The van der Waals surface area contributed by atoms with Gasteiger partial charge < -0.3 is 10.6 Å². The summed E-state index contributed by atoms with van der Waals surface area (Å²) in [7, 11) is 0. The summed E-state index contributed by atoms with van der Waals surface area (Å²) in [6.07, 6.45) is 4.11. The van der Waals surface area contributed by atoms with E-state index in [0.29, 0.717) is 0 Å². The molecule has 0 unspecified atom stereocenters. The van der Waals surface area contributed by atoms with Gasteiger partial charge in [-0.1, -0.05) is 18.2 Å². The molecule has 0 aliphatic rings. The molecule has 0 amide bonds. The van der Waals surface area contributed by atoms with Gasteiger partial charge in [-0.05, 0) is 45.9 Å². The van der Waals surface area contributed by atoms with Crippen molar-refractivity contribution in [1.29, 1.82) is 0 Å². The van der Waals surface area contributed by atoms with Crippen LogP contribution in [0.2, 0.25) is 0 Å². The molecule has 1 aromatic rings. The molecule has 0 spiro atoms. The summed E-state index contributed by atoms with van der Waals surface area (Å²) in [5.41, 5.74) is 4.51. The number of anilines is 2. The average Bonchev–Trinajstić information content (AvgIpc) is 2.29. The predicted octanol–water partition coefficient (Wildman–Crippen LogP) is 4.36. The molecule has 0 fully saturated rings. The number of rotatable bonds is 4. The van der Waals surface area contributed by atoms with Crippen LogP contribution in [0.3, 0.4) is 0 Å². The maximum Gasteiger partial charge on any atom is 0.0402 e. The summed E-state index contributed by atoms with van der Waals surface area (Å²) in [4.78, 5) is 0. The van der Waals surface area contributed by atoms with Crippen molar-refractivity contribution in [2.75, 3.05) is 10.6 Å². The lowest BCUT2D eigenvalue weighted by molar-refractivity contribution is 1.33. The molecule has 2 N–H and O–H groups in total. The minimum atomic E-state index is 1.10. The molecule has 0 saturated carbocycles. The minimum Gasteiger partial charge on any atom is -0.359 e. The molecule has 0 heterocycles. The molecule has 0 atom stereocenters. The topological polar surface area (TPSA) is 24.1 Å². The number of hydrogen-bond acceptors (Lipinski definition) is 2. The highest BCUT2D eigenvalue weighted by Crippen LogP contribution is 2.17. The zero-order valence-electron chi connectivity index (χ0n) is 10.5. The molecule has 1 aromatic carbocycles. The van der Waals surface area contributed by atoms with Gasteiger partial charge >= 0.3 is 0 Å². The molecule has 86 valence electrons. The van der Waals surface area contributed by atoms with E-state index < -0.39 is 0 Å². The average molecular weight is 216 g/mol. The van der Waals surface area contributed by atoms with Crippen LogP contribution in [-0.4, -0.2) is 0 Å². The maximum absolute atomic E-state index is 3.32. The SMILES string of the molecule is CC=C(C)Nc1cccc(NC(C)=CC)c1. The van der Waals surface area contributed by atoms with Crippen molar-refractivity contribution in [3.63, 3.8) is 0 Å². The van der Waals surface area contributed by atoms with Gasteiger partial charge in [0.25, 0.3) is 0 Å². The van der Waals surface area contributed by atoms with Crippen LogP contribution < -0.4 is 10.6 Å². The molecule has 0 aliphatic heterocycles. The van der Waals surface area contributed by atoms with Crippen LogP contribution in [-0.2, 0) is 0 Å². The Kier molecular flexibility index (Phi) is 4.65. The zero-order chi connectivity index (χ0) is 12.0.